The van der Waals surface area contributed by atoms with E-state index in [-0.39, 0.29) is 11.5 Å². The number of rotatable bonds is 2. The molecule has 0 heterocycles. The van der Waals surface area contributed by atoms with Crippen LogP contribution in [-0.4, -0.2) is 23.3 Å². The first kappa shape index (κ1) is 11.4. The van der Waals surface area contributed by atoms with Crippen molar-refractivity contribution in [3.8, 4) is 0 Å². The van der Waals surface area contributed by atoms with Crippen LogP contribution in [-0.2, 0) is 0 Å². The third-order valence-electron chi connectivity index (χ3n) is 4.74. The Morgan fingerprint density at radius 1 is 1.20 bits per heavy atom. The van der Waals surface area contributed by atoms with E-state index in [4.69, 9.17) is 0 Å². The number of nitrogens with one attached hydrogen (secondary N) is 1. The molecule has 0 saturated heterocycles. The van der Waals surface area contributed by atoms with Crippen LogP contribution >= 0.6 is 0 Å². The summed E-state index contributed by atoms with van der Waals surface area (Å²) in [6.45, 7) is 6.71. The summed E-state index contributed by atoms with van der Waals surface area (Å²) in [6, 6.07) is 1.22. The largest absolute Gasteiger partial charge is 0.392 e. The monoisotopic (exact) mass is 211 g/mol. The van der Waals surface area contributed by atoms with Crippen LogP contribution < -0.4 is 5.32 Å². The molecule has 0 bridgehead atoms. The van der Waals surface area contributed by atoms with E-state index in [2.05, 4.69) is 26.1 Å². The van der Waals surface area contributed by atoms with Crippen LogP contribution in [0.15, 0.2) is 0 Å². The van der Waals surface area contributed by atoms with Gasteiger partial charge in [-0.05, 0) is 25.2 Å². The van der Waals surface area contributed by atoms with Gasteiger partial charge in [0.25, 0.3) is 0 Å². The maximum atomic E-state index is 9.70. The lowest BCUT2D eigenvalue weighted by Gasteiger charge is -2.52. The van der Waals surface area contributed by atoms with Gasteiger partial charge in [-0.3, -0.25) is 0 Å². The van der Waals surface area contributed by atoms with Crippen molar-refractivity contribution >= 4 is 0 Å². The minimum Gasteiger partial charge on any atom is -0.392 e. The van der Waals surface area contributed by atoms with Crippen molar-refractivity contribution in [2.45, 2.75) is 71.1 Å². The summed E-state index contributed by atoms with van der Waals surface area (Å²) in [4.78, 5) is 0. The topological polar surface area (TPSA) is 32.3 Å². The zero-order valence-corrected chi connectivity index (χ0v) is 10.3. The van der Waals surface area contributed by atoms with Gasteiger partial charge < -0.3 is 10.4 Å². The van der Waals surface area contributed by atoms with E-state index in [9.17, 15) is 5.11 Å². The molecule has 15 heavy (non-hydrogen) atoms. The lowest BCUT2D eigenvalue weighted by molar-refractivity contribution is -0.0789. The molecule has 88 valence electrons. The summed E-state index contributed by atoms with van der Waals surface area (Å²) in [7, 11) is 0. The second kappa shape index (κ2) is 4.06. The molecule has 2 rings (SSSR count). The number of hydrogen-bond donors (Lipinski definition) is 2. The molecule has 0 aliphatic heterocycles. The summed E-state index contributed by atoms with van der Waals surface area (Å²) >= 11 is 0. The Balaban J connectivity index is 1.87. The average Bonchev–Trinajstić information content (AvgIpc) is 2.20. The fourth-order valence-corrected chi connectivity index (χ4v) is 3.01. The molecule has 0 aromatic heterocycles. The summed E-state index contributed by atoms with van der Waals surface area (Å²) in [6.07, 6.45) is 6.30. The van der Waals surface area contributed by atoms with E-state index in [1.54, 1.807) is 0 Å². The molecule has 4 unspecified atom stereocenters. The standard InChI is InChI=1S/C13H25NO/c1-9-6-4-5-7-10(9)14-11-8-12(15)13(11,2)3/h9-12,14-15H,4-8H2,1-3H3. The predicted molar refractivity (Wildman–Crippen MR) is 62.7 cm³/mol. The quantitative estimate of drug-likeness (QED) is 0.734. The molecule has 2 N–H and O–H groups in total. The van der Waals surface area contributed by atoms with E-state index in [0.29, 0.717) is 12.1 Å². The van der Waals surface area contributed by atoms with E-state index in [1.165, 1.54) is 25.7 Å². The Bertz CT molecular complexity index is 225. The average molecular weight is 211 g/mol. The highest BCUT2D eigenvalue weighted by Gasteiger charge is 2.48. The number of aliphatic hydroxyl groups excluding tert-OH is 1. The van der Waals surface area contributed by atoms with Gasteiger partial charge in [0, 0.05) is 17.5 Å². The second-order valence-electron chi connectivity index (χ2n) is 6.16. The van der Waals surface area contributed by atoms with Gasteiger partial charge in [0.15, 0.2) is 0 Å². The summed E-state index contributed by atoms with van der Waals surface area (Å²) in [5.41, 5.74) is 0.0805. The normalized spacial score (nSPS) is 44.8. The Hall–Kier alpha value is -0.0800. The molecule has 0 spiro atoms. The first-order chi connectivity index (χ1) is 7.01. The Labute approximate surface area is 93.5 Å². The molecule has 2 aliphatic carbocycles. The van der Waals surface area contributed by atoms with E-state index in [0.717, 1.165) is 12.3 Å². The van der Waals surface area contributed by atoms with E-state index < -0.39 is 0 Å². The maximum Gasteiger partial charge on any atom is 0.0621 e. The van der Waals surface area contributed by atoms with Crippen LogP contribution in [0, 0.1) is 11.3 Å². The van der Waals surface area contributed by atoms with Crippen molar-refractivity contribution in [2.24, 2.45) is 11.3 Å². The third kappa shape index (κ3) is 2.07. The molecule has 0 aromatic rings. The van der Waals surface area contributed by atoms with Gasteiger partial charge >= 0.3 is 0 Å². The third-order valence-corrected chi connectivity index (χ3v) is 4.74. The van der Waals surface area contributed by atoms with Crippen molar-refractivity contribution in [3.05, 3.63) is 0 Å². The minimum atomic E-state index is -0.103. The fraction of sp³-hybridized carbons (Fsp3) is 1.00. The Morgan fingerprint density at radius 3 is 2.40 bits per heavy atom. The molecule has 0 amide bonds. The molecular weight excluding hydrogens is 186 g/mol. The lowest BCUT2D eigenvalue weighted by atomic mass is 9.64. The summed E-state index contributed by atoms with van der Waals surface area (Å²) in [5.74, 6) is 0.812. The fourth-order valence-electron chi connectivity index (χ4n) is 3.01. The number of hydrogen-bond acceptors (Lipinski definition) is 2. The Morgan fingerprint density at radius 2 is 1.87 bits per heavy atom. The molecule has 0 aromatic carbocycles. The molecule has 2 nitrogen and oxygen atoms in total. The highest BCUT2D eigenvalue weighted by Crippen LogP contribution is 2.41. The van der Waals surface area contributed by atoms with E-state index in [1.807, 2.05) is 0 Å². The van der Waals surface area contributed by atoms with Gasteiger partial charge in [0.2, 0.25) is 0 Å². The van der Waals surface area contributed by atoms with Crippen molar-refractivity contribution in [3.63, 3.8) is 0 Å². The first-order valence-electron chi connectivity index (χ1n) is 6.46. The van der Waals surface area contributed by atoms with Crippen LogP contribution in [0.4, 0.5) is 0 Å². The SMILES string of the molecule is CC1CCCCC1NC1CC(O)C1(C)C. The summed E-state index contributed by atoms with van der Waals surface area (Å²) < 4.78 is 0. The molecule has 0 radical (unpaired) electrons. The van der Waals surface area contributed by atoms with Gasteiger partial charge in [0.1, 0.15) is 0 Å². The minimum absolute atomic E-state index is 0.0805. The summed E-state index contributed by atoms with van der Waals surface area (Å²) in [5, 5.41) is 13.5. The maximum absolute atomic E-state index is 9.70. The van der Waals surface area contributed by atoms with Crippen molar-refractivity contribution in [1.29, 1.82) is 0 Å². The molecule has 2 aliphatic rings. The highest BCUT2D eigenvalue weighted by atomic mass is 16.3. The molecule has 2 fully saturated rings. The molecule has 4 atom stereocenters. The smallest absolute Gasteiger partial charge is 0.0621 e. The van der Waals surface area contributed by atoms with Gasteiger partial charge in [-0.1, -0.05) is 33.6 Å². The van der Waals surface area contributed by atoms with E-state index >= 15 is 0 Å². The first-order valence-corrected chi connectivity index (χ1v) is 6.46. The predicted octanol–water partition coefficient (Wildman–Crippen LogP) is 2.31. The van der Waals surface area contributed by atoms with Crippen LogP contribution in [0.2, 0.25) is 0 Å². The van der Waals surface area contributed by atoms with Gasteiger partial charge in [-0.2, -0.15) is 0 Å². The van der Waals surface area contributed by atoms with Crippen LogP contribution in [0.1, 0.15) is 52.9 Å². The van der Waals surface area contributed by atoms with Crippen molar-refractivity contribution < 1.29 is 5.11 Å². The lowest BCUT2D eigenvalue weighted by Crippen LogP contribution is -2.62. The van der Waals surface area contributed by atoms with Crippen LogP contribution in [0.3, 0.4) is 0 Å². The van der Waals surface area contributed by atoms with Gasteiger partial charge in [0.05, 0.1) is 6.10 Å². The van der Waals surface area contributed by atoms with Gasteiger partial charge in [-0.25, -0.2) is 0 Å². The van der Waals surface area contributed by atoms with Crippen molar-refractivity contribution in [1.82, 2.24) is 5.32 Å². The van der Waals surface area contributed by atoms with Gasteiger partial charge in [-0.15, -0.1) is 0 Å². The second-order valence-corrected chi connectivity index (χ2v) is 6.16. The highest BCUT2D eigenvalue weighted by molar-refractivity contribution is 5.03. The zero-order valence-electron chi connectivity index (χ0n) is 10.3. The Kier molecular flexibility index (Phi) is 3.09. The molecule has 2 heteroatoms. The molecule has 2 saturated carbocycles. The van der Waals surface area contributed by atoms with Crippen LogP contribution in [0.5, 0.6) is 0 Å². The molecular formula is C13H25NO. The van der Waals surface area contributed by atoms with Crippen molar-refractivity contribution in [2.75, 3.05) is 0 Å². The zero-order chi connectivity index (χ0) is 11.1. The number of aliphatic hydroxyl groups is 1. The van der Waals surface area contributed by atoms with Crippen LogP contribution in [0.25, 0.3) is 0 Å².